The Morgan fingerprint density at radius 3 is 2.43 bits per heavy atom. The van der Waals surface area contributed by atoms with E-state index in [0.717, 1.165) is 41.4 Å². The maximum atomic E-state index is 12.5. The van der Waals surface area contributed by atoms with E-state index in [4.69, 9.17) is 21.6 Å². The van der Waals surface area contributed by atoms with E-state index in [0.29, 0.717) is 5.02 Å². The minimum atomic E-state index is -0.474. The quantitative estimate of drug-likeness (QED) is 0.608. The van der Waals surface area contributed by atoms with E-state index < -0.39 is 5.66 Å². The number of aryl methyl sites for hydroxylation is 1. The van der Waals surface area contributed by atoms with Gasteiger partial charge in [0.15, 0.2) is 5.66 Å². The molecule has 0 fully saturated rings. The highest BCUT2D eigenvalue weighted by Gasteiger charge is 2.35. The molecule has 30 heavy (non-hydrogen) atoms. The summed E-state index contributed by atoms with van der Waals surface area (Å²) in [6, 6.07) is 15.4. The third kappa shape index (κ3) is 5.72. The summed E-state index contributed by atoms with van der Waals surface area (Å²) < 4.78 is 0. The van der Waals surface area contributed by atoms with E-state index in [-0.39, 0.29) is 11.7 Å². The molecule has 2 N–H and O–H groups in total. The van der Waals surface area contributed by atoms with Gasteiger partial charge in [-0.3, -0.25) is 9.79 Å². The van der Waals surface area contributed by atoms with Crippen molar-refractivity contribution in [2.75, 3.05) is 24.7 Å². The fraction of sp³-hybridized carbons (Fsp3) is 0.348. The Labute approximate surface area is 187 Å². The summed E-state index contributed by atoms with van der Waals surface area (Å²) in [5, 5.41) is 7.55. The maximum Gasteiger partial charge on any atom is 0.234 e. The molecular weight excluding hydrogens is 416 g/mol. The van der Waals surface area contributed by atoms with Gasteiger partial charge >= 0.3 is 0 Å². The second-order valence-electron chi connectivity index (χ2n) is 7.28. The van der Waals surface area contributed by atoms with E-state index in [1.165, 1.54) is 17.3 Å². The van der Waals surface area contributed by atoms with Crippen molar-refractivity contribution < 1.29 is 4.79 Å². The zero-order valence-electron chi connectivity index (χ0n) is 17.5. The second kappa shape index (κ2) is 10.2. The molecule has 0 bridgehead atoms. The fourth-order valence-electron chi connectivity index (χ4n) is 3.16. The summed E-state index contributed by atoms with van der Waals surface area (Å²) in [5.41, 5.74) is 3.35. The van der Waals surface area contributed by atoms with Gasteiger partial charge in [-0.1, -0.05) is 60.1 Å². The van der Waals surface area contributed by atoms with Crippen LogP contribution in [0.3, 0.4) is 0 Å². The lowest BCUT2D eigenvalue weighted by Crippen LogP contribution is -2.26. The Morgan fingerprint density at radius 1 is 1.10 bits per heavy atom. The van der Waals surface area contributed by atoms with Crippen molar-refractivity contribution in [2.45, 2.75) is 32.4 Å². The molecule has 158 valence electrons. The van der Waals surface area contributed by atoms with Crippen LogP contribution in [0.5, 0.6) is 0 Å². The summed E-state index contributed by atoms with van der Waals surface area (Å²) in [4.78, 5) is 22.5. The molecule has 1 atom stereocenters. The predicted molar refractivity (Wildman–Crippen MR) is 129 cm³/mol. The van der Waals surface area contributed by atoms with E-state index >= 15 is 0 Å². The number of carbonyl (C=O) groups excluding carboxylic acids is 1. The summed E-state index contributed by atoms with van der Waals surface area (Å²) in [7, 11) is 1.93. The summed E-state index contributed by atoms with van der Waals surface area (Å²) >= 11 is 7.34. The Balaban J connectivity index is 1.76. The van der Waals surface area contributed by atoms with Gasteiger partial charge in [0.25, 0.3) is 0 Å². The van der Waals surface area contributed by atoms with E-state index in [9.17, 15) is 4.79 Å². The first kappa shape index (κ1) is 22.5. The number of benzene rings is 2. The van der Waals surface area contributed by atoms with Crippen molar-refractivity contribution in [1.82, 2.24) is 5.32 Å². The molecule has 1 aliphatic heterocycles. The fourth-order valence-corrected chi connectivity index (χ4v) is 4.16. The van der Waals surface area contributed by atoms with Gasteiger partial charge in [0, 0.05) is 22.7 Å². The molecule has 0 saturated heterocycles. The summed E-state index contributed by atoms with van der Waals surface area (Å²) in [6.07, 6.45) is 1.63. The molecule has 1 heterocycles. The Morgan fingerprint density at radius 2 is 1.80 bits per heavy atom. The molecule has 1 unspecified atom stereocenters. The molecule has 0 radical (unpaired) electrons. The molecule has 1 aliphatic rings. The Bertz CT molecular complexity index is 941. The number of hydrogen-bond acceptors (Lipinski definition) is 5. The van der Waals surface area contributed by atoms with Crippen molar-refractivity contribution in [3.05, 3.63) is 64.7 Å². The van der Waals surface area contributed by atoms with Crippen LogP contribution in [-0.4, -0.2) is 41.7 Å². The van der Waals surface area contributed by atoms with Gasteiger partial charge in [-0.25, -0.2) is 4.99 Å². The average Bonchev–Trinajstić information content (AvgIpc) is 3.12. The van der Waals surface area contributed by atoms with E-state index in [1.54, 1.807) is 24.3 Å². The lowest BCUT2D eigenvalue weighted by Gasteiger charge is -2.20. The molecule has 0 aliphatic carbocycles. The van der Waals surface area contributed by atoms with Crippen LogP contribution >= 0.6 is 23.4 Å². The monoisotopic (exact) mass is 442 g/mol. The van der Waals surface area contributed by atoms with Crippen LogP contribution in [0.25, 0.3) is 0 Å². The lowest BCUT2D eigenvalue weighted by molar-refractivity contribution is -0.113. The average molecular weight is 443 g/mol. The van der Waals surface area contributed by atoms with Gasteiger partial charge in [-0.05, 0) is 51.2 Å². The number of aliphatic imine (C=N–C) groups is 2. The topological polar surface area (TPSA) is 65.8 Å². The molecule has 0 spiro atoms. The lowest BCUT2D eigenvalue weighted by atomic mass is 10.0. The predicted octanol–water partition coefficient (Wildman–Crippen LogP) is 4.94. The highest BCUT2D eigenvalue weighted by atomic mass is 35.5. The number of amides is 1. The number of halogens is 1. The minimum absolute atomic E-state index is 0.0856. The zero-order valence-corrected chi connectivity index (χ0v) is 19.1. The van der Waals surface area contributed by atoms with Gasteiger partial charge in [-0.15, -0.1) is 0 Å². The number of thioether (sulfide) groups is 1. The number of nitrogens with zero attached hydrogens (tertiary/aromatic N) is 2. The molecule has 2 aromatic rings. The van der Waals surface area contributed by atoms with Crippen molar-refractivity contribution in [1.29, 1.82) is 0 Å². The minimum Gasteiger partial charge on any atom is -0.325 e. The molecule has 0 saturated carbocycles. The highest BCUT2D eigenvalue weighted by molar-refractivity contribution is 8.16. The number of nitrogens with one attached hydrogen (secondary N) is 2. The van der Waals surface area contributed by atoms with Crippen molar-refractivity contribution >= 4 is 45.7 Å². The van der Waals surface area contributed by atoms with Gasteiger partial charge < -0.3 is 10.6 Å². The van der Waals surface area contributed by atoms with Gasteiger partial charge in [0.2, 0.25) is 5.91 Å². The van der Waals surface area contributed by atoms with Crippen LogP contribution in [0.2, 0.25) is 5.02 Å². The molecular formula is C23H27ClN4OS. The second-order valence-corrected chi connectivity index (χ2v) is 8.68. The molecule has 0 aromatic heterocycles. The number of carbonyl (C=O) groups is 1. The van der Waals surface area contributed by atoms with Crippen molar-refractivity contribution in [3.63, 3.8) is 0 Å². The normalized spacial score (nSPS) is 18.1. The maximum absolute atomic E-state index is 12.5. The molecule has 3 rings (SSSR count). The van der Waals surface area contributed by atoms with Gasteiger partial charge in [-0.2, -0.15) is 0 Å². The van der Waals surface area contributed by atoms with Crippen LogP contribution in [0, 0.1) is 6.92 Å². The molecule has 1 amide bonds. The number of hydrogen-bond donors (Lipinski definition) is 2. The van der Waals surface area contributed by atoms with Crippen LogP contribution in [0.15, 0.2) is 58.5 Å². The van der Waals surface area contributed by atoms with Crippen LogP contribution in [0.1, 0.15) is 30.9 Å². The van der Waals surface area contributed by atoms with Crippen molar-refractivity contribution in [3.8, 4) is 0 Å². The molecule has 7 heteroatoms. The third-order valence-electron chi connectivity index (χ3n) is 4.97. The van der Waals surface area contributed by atoms with Crippen LogP contribution < -0.4 is 10.6 Å². The first-order valence-corrected chi connectivity index (χ1v) is 11.4. The number of rotatable bonds is 8. The third-order valence-corrected chi connectivity index (χ3v) is 6.18. The summed E-state index contributed by atoms with van der Waals surface area (Å²) in [5.74, 6) is 0.176. The standard InChI is InChI=1S/C23H27ClN4OS/c1-4-23(13-14-25-3)27-21(17-7-5-16(2)6-8-17)22(28-23)30-15-20(29)26-19-11-9-18(24)10-12-19/h5-12,25H,4,13-15H2,1-3H3,(H,26,29). The smallest absolute Gasteiger partial charge is 0.234 e. The largest absolute Gasteiger partial charge is 0.325 e. The van der Waals surface area contributed by atoms with Gasteiger partial charge in [0.05, 0.1) is 11.5 Å². The molecule has 5 nitrogen and oxygen atoms in total. The van der Waals surface area contributed by atoms with Crippen molar-refractivity contribution in [2.24, 2.45) is 9.98 Å². The zero-order chi connectivity index (χ0) is 21.6. The van der Waals surface area contributed by atoms with Gasteiger partial charge in [0.1, 0.15) is 5.04 Å². The first-order chi connectivity index (χ1) is 14.4. The number of anilines is 1. The first-order valence-electron chi connectivity index (χ1n) is 10.0. The van der Waals surface area contributed by atoms with Crippen LogP contribution in [-0.2, 0) is 4.79 Å². The molecule has 2 aromatic carbocycles. The highest BCUT2D eigenvalue weighted by Crippen LogP contribution is 2.32. The Kier molecular flexibility index (Phi) is 7.69. The SMILES string of the molecule is CCC1(CCNC)N=C(SCC(=O)Nc2ccc(Cl)cc2)C(c2ccc(C)cc2)=N1. The summed E-state index contributed by atoms with van der Waals surface area (Å²) in [6.45, 7) is 5.00. The Hall–Kier alpha value is -2.15. The van der Waals surface area contributed by atoms with E-state index in [2.05, 4.69) is 48.7 Å². The van der Waals surface area contributed by atoms with Crippen LogP contribution in [0.4, 0.5) is 5.69 Å². The van der Waals surface area contributed by atoms with E-state index in [1.807, 2.05) is 7.05 Å².